The van der Waals surface area contributed by atoms with Gasteiger partial charge in [-0.15, -0.1) is 0 Å². The van der Waals surface area contributed by atoms with E-state index in [2.05, 4.69) is 15.8 Å². The number of urea groups is 1. The lowest BCUT2D eigenvalue weighted by Gasteiger charge is -2.10. The van der Waals surface area contributed by atoms with Crippen molar-refractivity contribution in [1.29, 1.82) is 0 Å². The Balaban J connectivity index is 1.90. The van der Waals surface area contributed by atoms with Crippen LogP contribution in [0.3, 0.4) is 0 Å². The summed E-state index contributed by atoms with van der Waals surface area (Å²) in [7, 11) is 0. The molecule has 6 heteroatoms. The number of amides is 2. The second-order valence-corrected chi connectivity index (χ2v) is 4.86. The monoisotopic (exact) mass is 303 g/mol. The molecule has 1 aromatic carbocycles. The van der Waals surface area contributed by atoms with Gasteiger partial charge in [0.25, 0.3) is 0 Å². The molecular weight excluding hydrogens is 282 g/mol. The van der Waals surface area contributed by atoms with Crippen molar-refractivity contribution >= 4 is 11.7 Å². The van der Waals surface area contributed by atoms with Crippen molar-refractivity contribution in [2.75, 3.05) is 11.9 Å². The average Bonchev–Trinajstić information content (AvgIpc) is 2.97. The maximum atomic E-state index is 11.9. The fourth-order valence-corrected chi connectivity index (χ4v) is 1.94. The van der Waals surface area contributed by atoms with Crippen molar-refractivity contribution in [2.45, 2.75) is 33.7 Å². The van der Waals surface area contributed by atoms with Crippen LogP contribution in [0.15, 0.2) is 28.8 Å². The van der Waals surface area contributed by atoms with Gasteiger partial charge in [0.05, 0.1) is 18.8 Å². The van der Waals surface area contributed by atoms with Crippen LogP contribution in [-0.4, -0.2) is 17.8 Å². The number of nitrogens with zero attached hydrogens (tertiary/aromatic N) is 1. The topological polar surface area (TPSA) is 76.4 Å². The first-order chi connectivity index (χ1) is 10.6. The van der Waals surface area contributed by atoms with Crippen LogP contribution in [-0.2, 0) is 13.0 Å². The molecular formula is C16H21N3O3. The van der Waals surface area contributed by atoms with Crippen molar-refractivity contribution in [2.24, 2.45) is 0 Å². The van der Waals surface area contributed by atoms with E-state index in [1.165, 1.54) is 0 Å². The first kappa shape index (κ1) is 15.9. The van der Waals surface area contributed by atoms with Crippen molar-refractivity contribution in [3.8, 4) is 5.75 Å². The third kappa shape index (κ3) is 4.25. The number of rotatable bonds is 6. The number of hydrogen-bond donors (Lipinski definition) is 2. The van der Waals surface area contributed by atoms with Crippen molar-refractivity contribution < 1.29 is 14.1 Å². The number of aromatic nitrogens is 1. The van der Waals surface area contributed by atoms with E-state index < -0.39 is 0 Å². The zero-order valence-corrected chi connectivity index (χ0v) is 13.1. The molecule has 22 heavy (non-hydrogen) atoms. The molecule has 0 fully saturated rings. The Morgan fingerprint density at radius 1 is 1.32 bits per heavy atom. The Bertz CT molecular complexity index is 637. The summed E-state index contributed by atoms with van der Waals surface area (Å²) < 4.78 is 10.6. The molecule has 2 amide bonds. The van der Waals surface area contributed by atoms with Crippen LogP contribution in [0.5, 0.6) is 5.75 Å². The number of carbonyl (C=O) groups is 1. The minimum atomic E-state index is -0.305. The van der Waals surface area contributed by atoms with E-state index in [1.54, 1.807) is 0 Å². The standard InChI is InChI=1S/C16H21N3O3/c1-4-12-8-14(22-19-12)10-17-16(20)18-13-7-6-11(3)15(9-13)21-5-2/h6-9H,4-5,10H2,1-3H3,(H2,17,18,20). The predicted molar refractivity (Wildman–Crippen MR) is 84.1 cm³/mol. The summed E-state index contributed by atoms with van der Waals surface area (Å²) in [5.74, 6) is 1.40. The van der Waals surface area contributed by atoms with Crippen molar-refractivity contribution in [1.82, 2.24) is 10.5 Å². The average molecular weight is 303 g/mol. The number of anilines is 1. The molecule has 0 saturated carbocycles. The lowest BCUT2D eigenvalue weighted by Crippen LogP contribution is -2.28. The molecule has 0 aliphatic carbocycles. The molecule has 118 valence electrons. The number of aryl methyl sites for hydroxylation is 2. The molecule has 0 atom stereocenters. The molecule has 0 saturated heterocycles. The summed E-state index contributed by atoms with van der Waals surface area (Å²) in [6, 6.07) is 7.08. The van der Waals surface area contributed by atoms with Gasteiger partial charge >= 0.3 is 6.03 Å². The predicted octanol–water partition coefficient (Wildman–Crippen LogP) is 3.27. The van der Waals surface area contributed by atoms with E-state index in [1.807, 2.05) is 45.0 Å². The van der Waals surface area contributed by atoms with E-state index in [0.29, 0.717) is 24.6 Å². The molecule has 1 aromatic heterocycles. The minimum Gasteiger partial charge on any atom is -0.494 e. The first-order valence-electron chi connectivity index (χ1n) is 7.35. The van der Waals surface area contributed by atoms with Crippen LogP contribution in [0.2, 0.25) is 0 Å². The lowest BCUT2D eigenvalue weighted by molar-refractivity contribution is 0.250. The van der Waals surface area contributed by atoms with Crippen LogP contribution in [0, 0.1) is 6.92 Å². The van der Waals surface area contributed by atoms with Gasteiger partial charge in [0.1, 0.15) is 5.75 Å². The van der Waals surface area contributed by atoms with E-state index in [9.17, 15) is 4.79 Å². The summed E-state index contributed by atoms with van der Waals surface area (Å²) in [5.41, 5.74) is 2.58. The van der Waals surface area contributed by atoms with Gasteiger partial charge in [-0.3, -0.25) is 0 Å². The number of benzene rings is 1. The molecule has 0 aliphatic rings. The Kier molecular flexibility index (Phi) is 5.41. The van der Waals surface area contributed by atoms with Crippen molar-refractivity contribution in [3.63, 3.8) is 0 Å². The first-order valence-corrected chi connectivity index (χ1v) is 7.35. The minimum absolute atomic E-state index is 0.295. The Morgan fingerprint density at radius 2 is 2.14 bits per heavy atom. The Hall–Kier alpha value is -2.50. The molecule has 2 aromatic rings. The highest BCUT2D eigenvalue weighted by molar-refractivity contribution is 5.89. The smallest absolute Gasteiger partial charge is 0.319 e. The van der Waals surface area contributed by atoms with Gasteiger partial charge in [0.15, 0.2) is 5.76 Å². The number of carbonyl (C=O) groups excluding carboxylic acids is 1. The fraction of sp³-hybridized carbons (Fsp3) is 0.375. The third-order valence-corrected chi connectivity index (χ3v) is 3.14. The fourth-order valence-electron chi connectivity index (χ4n) is 1.94. The largest absolute Gasteiger partial charge is 0.494 e. The van der Waals surface area contributed by atoms with Gasteiger partial charge in [0.2, 0.25) is 0 Å². The molecule has 0 bridgehead atoms. The summed E-state index contributed by atoms with van der Waals surface area (Å²) in [4.78, 5) is 11.9. The summed E-state index contributed by atoms with van der Waals surface area (Å²) in [5, 5.41) is 9.37. The van der Waals surface area contributed by atoms with Gasteiger partial charge < -0.3 is 19.9 Å². The van der Waals surface area contributed by atoms with Gasteiger partial charge in [-0.05, 0) is 31.9 Å². The zero-order chi connectivity index (χ0) is 15.9. The second kappa shape index (κ2) is 7.49. The van der Waals surface area contributed by atoms with Crippen LogP contribution in [0.1, 0.15) is 30.9 Å². The van der Waals surface area contributed by atoms with Crippen LogP contribution in [0.4, 0.5) is 10.5 Å². The van der Waals surface area contributed by atoms with Crippen molar-refractivity contribution in [3.05, 3.63) is 41.3 Å². The molecule has 0 spiro atoms. The summed E-state index contributed by atoms with van der Waals surface area (Å²) >= 11 is 0. The van der Waals surface area contributed by atoms with Gasteiger partial charge in [0, 0.05) is 17.8 Å². The molecule has 6 nitrogen and oxygen atoms in total. The zero-order valence-electron chi connectivity index (χ0n) is 13.1. The van der Waals surface area contributed by atoms with Gasteiger partial charge in [-0.25, -0.2) is 4.79 Å². The quantitative estimate of drug-likeness (QED) is 0.858. The Labute approximate surface area is 129 Å². The molecule has 0 unspecified atom stereocenters. The summed E-state index contributed by atoms with van der Waals surface area (Å²) in [6.07, 6.45) is 0.805. The second-order valence-electron chi connectivity index (χ2n) is 4.86. The van der Waals surface area contributed by atoms with Gasteiger partial charge in [-0.1, -0.05) is 18.1 Å². The maximum absolute atomic E-state index is 11.9. The highest BCUT2D eigenvalue weighted by Crippen LogP contribution is 2.22. The number of hydrogen-bond acceptors (Lipinski definition) is 4. The normalized spacial score (nSPS) is 10.3. The summed E-state index contributed by atoms with van der Waals surface area (Å²) in [6.45, 7) is 6.76. The molecule has 0 aliphatic heterocycles. The maximum Gasteiger partial charge on any atom is 0.319 e. The van der Waals surface area contributed by atoms with Crippen LogP contribution < -0.4 is 15.4 Å². The van der Waals surface area contributed by atoms with E-state index in [-0.39, 0.29) is 6.03 Å². The molecule has 0 radical (unpaired) electrons. The Morgan fingerprint density at radius 3 is 2.82 bits per heavy atom. The molecule has 1 heterocycles. The van der Waals surface area contributed by atoms with Crippen LogP contribution >= 0.6 is 0 Å². The number of ether oxygens (including phenoxy) is 1. The third-order valence-electron chi connectivity index (χ3n) is 3.14. The number of nitrogens with one attached hydrogen (secondary N) is 2. The SMILES string of the molecule is CCOc1cc(NC(=O)NCc2cc(CC)no2)ccc1C. The van der Waals surface area contributed by atoms with Crippen LogP contribution in [0.25, 0.3) is 0 Å². The van der Waals surface area contributed by atoms with E-state index >= 15 is 0 Å². The molecule has 2 N–H and O–H groups in total. The molecule has 2 rings (SSSR count). The van der Waals surface area contributed by atoms with E-state index in [4.69, 9.17) is 9.26 Å². The lowest BCUT2D eigenvalue weighted by atomic mass is 10.2. The highest BCUT2D eigenvalue weighted by Gasteiger charge is 2.07. The van der Waals surface area contributed by atoms with Gasteiger partial charge in [-0.2, -0.15) is 0 Å². The highest BCUT2D eigenvalue weighted by atomic mass is 16.5. The van der Waals surface area contributed by atoms with E-state index in [0.717, 1.165) is 23.4 Å².